The van der Waals surface area contributed by atoms with E-state index in [1.165, 1.54) is 12.8 Å². The second-order valence-corrected chi connectivity index (χ2v) is 8.32. The van der Waals surface area contributed by atoms with E-state index in [1.54, 1.807) is 13.2 Å². The summed E-state index contributed by atoms with van der Waals surface area (Å²) in [4.78, 5) is 35.6. The second-order valence-electron chi connectivity index (χ2n) is 8.32. The lowest BCUT2D eigenvalue weighted by atomic mass is 10.1. The fourth-order valence-electron chi connectivity index (χ4n) is 4.12. The topological polar surface area (TPSA) is 128 Å². The van der Waals surface area contributed by atoms with E-state index < -0.39 is 0 Å². The molecule has 2 amide bonds. The molecular weight excluding hydrogens is 414 g/mol. The molecule has 3 rings (SSSR count). The van der Waals surface area contributed by atoms with Gasteiger partial charge < -0.3 is 25.6 Å². The molecule has 0 spiro atoms. The molecule has 0 aromatic heterocycles. The second kappa shape index (κ2) is 13.0. The third-order valence-corrected chi connectivity index (χ3v) is 5.89. The first kappa shape index (κ1) is 25.6. The number of carbonyl (C=O) groups is 3. The molecule has 4 N–H and O–H groups in total. The van der Waals surface area contributed by atoms with Gasteiger partial charge in [0.1, 0.15) is 5.75 Å². The number of aliphatic hydroxyl groups excluding tert-OH is 1. The number of hydrogen-bond acceptors (Lipinski definition) is 6. The number of amides is 2. The molecule has 1 aromatic rings. The van der Waals surface area contributed by atoms with Crippen molar-refractivity contribution in [3.8, 4) is 5.75 Å². The first-order valence-corrected chi connectivity index (χ1v) is 11.1. The van der Waals surface area contributed by atoms with Crippen LogP contribution in [0.3, 0.4) is 0 Å². The van der Waals surface area contributed by atoms with E-state index in [2.05, 4.69) is 15.5 Å². The third kappa shape index (κ3) is 7.80. The number of methoxy groups -OCH3 is 1. The number of hydrogen-bond donors (Lipinski definition) is 4. The number of carboxylic acid groups (broad SMARTS) is 1. The molecule has 0 bridgehead atoms. The zero-order valence-corrected chi connectivity index (χ0v) is 18.9. The van der Waals surface area contributed by atoms with Crippen molar-refractivity contribution in [1.82, 2.24) is 15.5 Å². The summed E-state index contributed by atoms with van der Waals surface area (Å²) in [5, 5.41) is 21.6. The van der Waals surface area contributed by atoms with Crippen molar-refractivity contribution in [3.63, 3.8) is 0 Å². The van der Waals surface area contributed by atoms with Crippen LogP contribution < -0.4 is 15.4 Å². The van der Waals surface area contributed by atoms with Gasteiger partial charge in [-0.25, -0.2) is 0 Å². The lowest BCUT2D eigenvalue weighted by Crippen LogP contribution is -2.45. The maximum atomic E-state index is 12.7. The Kier molecular flexibility index (Phi) is 10.4. The normalized spacial score (nSPS) is 20.1. The molecular formula is C23H35N3O6. The first-order chi connectivity index (χ1) is 15.4. The molecule has 32 heavy (non-hydrogen) atoms. The Balaban J connectivity index is 0.00000114. The fraction of sp³-hybridized carbons (Fsp3) is 0.609. The number of nitrogens with one attached hydrogen (secondary N) is 2. The number of rotatable bonds is 10. The van der Waals surface area contributed by atoms with Gasteiger partial charge in [0.15, 0.2) is 0 Å². The molecule has 2 aliphatic rings. The van der Waals surface area contributed by atoms with Crippen LogP contribution in [-0.4, -0.2) is 78.8 Å². The Morgan fingerprint density at radius 1 is 1.19 bits per heavy atom. The minimum absolute atomic E-state index is 0.0149. The number of nitrogens with zero attached hydrogens (tertiary/aromatic N) is 1. The highest BCUT2D eigenvalue weighted by molar-refractivity contribution is 5.97. The Hall–Kier alpha value is -2.65. The fourth-order valence-corrected chi connectivity index (χ4v) is 4.12. The lowest BCUT2D eigenvalue weighted by molar-refractivity contribution is -0.123. The first-order valence-electron chi connectivity index (χ1n) is 11.1. The predicted molar refractivity (Wildman–Crippen MR) is 120 cm³/mol. The Morgan fingerprint density at radius 3 is 2.50 bits per heavy atom. The van der Waals surface area contributed by atoms with E-state index in [1.807, 2.05) is 19.1 Å². The van der Waals surface area contributed by atoms with Crippen molar-refractivity contribution in [1.29, 1.82) is 0 Å². The van der Waals surface area contributed by atoms with Crippen molar-refractivity contribution >= 4 is 18.3 Å². The molecule has 1 saturated heterocycles. The van der Waals surface area contributed by atoms with Gasteiger partial charge in [0.2, 0.25) is 5.91 Å². The molecule has 1 heterocycles. The Morgan fingerprint density at radius 2 is 1.88 bits per heavy atom. The van der Waals surface area contributed by atoms with Crippen LogP contribution in [0.1, 0.15) is 48.0 Å². The van der Waals surface area contributed by atoms with Gasteiger partial charge in [-0.15, -0.1) is 0 Å². The largest absolute Gasteiger partial charge is 0.496 e. The summed E-state index contributed by atoms with van der Waals surface area (Å²) in [7, 11) is 1.58. The van der Waals surface area contributed by atoms with E-state index in [0.29, 0.717) is 36.7 Å². The predicted octanol–water partition coefficient (Wildman–Crippen LogP) is 1.18. The molecule has 0 radical (unpaired) electrons. The van der Waals surface area contributed by atoms with E-state index in [-0.39, 0.29) is 37.0 Å². The van der Waals surface area contributed by atoms with Gasteiger partial charge in [-0.05, 0) is 56.2 Å². The molecule has 1 aliphatic heterocycles. The molecule has 1 saturated carbocycles. The van der Waals surface area contributed by atoms with Gasteiger partial charge in [0.25, 0.3) is 12.4 Å². The van der Waals surface area contributed by atoms with Gasteiger partial charge in [0.05, 0.1) is 19.3 Å². The van der Waals surface area contributed by atoms with Crippen molar-refractivity contribution in [2.75, 3.05) is 33.4 Å². The summed E-state index contributed by atoms with van der Waals surface area (Å²) in [6.45, 7) is 3.53. The van der Waals surface area contributed by atoms with Crippen LogP contribution in [0.2, 0.25) is 0 Å². The molecule has 2 fully saturated rings. The number of likely N-dealkylation sites (tertiary alicyclic amines) is 1. The molecule has 1 aliphatic carbocycles. The minimum Gasteiger partial charge on any atom is -0.496 e. The molecule has 0 unspecified atom stereocenters. The SMILES string of the molecule is COc1cc(C)ccc1C(=O)NC[C@@H]1CC[C@H](CC(=O)NCCO)N1CC1CC1.O=CO. The zero-order valence-electron chi connectivity index (χ0n) is 18.9. The van der Waals surface area contributed by atoms with E-state index in [0.717, 1.165) is 24.9 Å². The van der Waals surface area contributed by atoms with Crippen LogP contribution in [0.5, 0.6) is 5.75 Å². The van der Waals surface area contributed by atoms with Crippen LogP contribution in [0.4, 0.5) is 0 Å². The summed E-state index contributed by atoms with van der Waals surface area (Å²) in [5.41, 5.74) is 1.59. The van der Waals surface area contributed by atoms with Crippen molar-refractivity contribution < 1.29 is 29.3 Å². The van der Waals surface area contributed by atoms with Gasteiger partial charge in [-0.2, -0.15) is 0 Å². The maximum absolute atomic E-state index is 12.7. The highest BCUT2D eigenvalue weighted by Gasteiger charge is 2.38. The van der Waals surface area contributed by atoms with Crippen LogP contribution in [0.15, 0.2) is 18.2 Å². The average molecular weight is 450 g/mol. The summed E-state index contributed by atoms with van der Waals surface area (Å²) < 4.78 is 5.36. The molecule has 2 atom stereocenters. The summed E-state index contributed by atoms with van der Waals surface area (Å²) in [6, 6.07) is 6.02. The van der Waals surface area contributed by atoms with Crippen LogP contribution >= 0.6 is 0 Å². The number of ether oxygens (including phenoxy) is 1. The molecule has 9 heteroatoms. The zero-order chi connectivity index (χ0) is 23.5. The maximum Gasteiger partial charge on any atom is 0.290 e. The number of aryl methyl sites for hydroxylation is 1. The lowest BCUT2D eigenvalue weighted by Gasteiger charge is -2.30. The van der Waals surface area contributed by atoms with Crippen LogP contribution in [0.25, 0.3) is 0 Å². The summed E-state index contributed by atoms with van der Waals surface area (Å²) >= 11 is 0. The molecule has 9 nitrogen and oxygen atoms in total. The van der Waals surface area contributed by atoms with Crippen molar-refractivity contribution in [2.45, 2.75) is 51.1 Å². The smallest absolute Gasteiger partial charge is 0.290 e. The summed E-state index contributed by atoms with van der Waals surface area (Å²) in [6.07, 6.45) is 4.87. The number of benzene rings is 1. The highest BCUT2D eigenvalue weighted by atomic mass is 16.5. The van der Waals surface area contributed by atoms with E-state index in [9.17, 15) is 9.59 Å². The van der Waals surface area contributed by atoms with Gasteiger partial charge >= 0.3 is 0 Å². The monoisotopic (exact) mass is 449 g/mol. The molecule has 1 aromatic carbocycles. The van der Waals surface area contributed by atoms with Gasteiger partial charge in [-0.3, -0.25) is 19.3 Å². The quantitative estimate of drug-likeness (QED) is 0.395. The number of carbonyl (C=O) groups excluding carboxylic acids is 2. The van der Waals surface area contributed by atoms with Crippen molar-refractivity contribution in [2.24, 2.45) is 5.92 Å². The minimum atomic E-state index is -0.250. The Labute approximate surface area is 189 Å². The van der Waals surface area contributed by atoms with Gasteiger partial charge in [0, 0.05) is 38.1 Å². The number of aliphatic hydroxyl groups is 1. The van der Waals surface area contributed by atoms with E-state index in [4.69, 9.17) is 19.7 Å². The summed E-state index contributed by atoms with van der Waals surface area (Å²) in [5.74, 6) is 1.16. The van der Waals surface area contributed by atoms with Gasteiger partial charge in [-0.1, -0.05) is 6.07 Å². The third-order valence-electron chi connectivity index (χ3n) is 5.89. The standard InChI is InChI=1S/C22H33N3O4.CH2O2/c1-15-3-8-19(20(11-15)29-2)22(28)24-13-18-7-6-17(12-21(27)23-9-10-26)25(18)14-16-4-5-16;2-1-3/h3,8,11,16-18,26H,4-7,9-10,12-14H2,1-2H3,(H,23,27)(H,24,28);1H,(H,2,3)/t17-,18+;/m1./s1. The van der Waals surface area contributed by atoms with E-state index >= 15 is 0 Å². The average Bonchev–Trinajstić information content (AvgIpc) is 3.52. The highest BCUT2D eigenvalue weighted by Crippen LogP contribution is 2.35. The van der Waals surface area contributed by atoms with Crippen molar-refractivity contribution in [3.05, 3.63) is 29.3 Å². The molecule has 178 valence electrons. The van der Waals surface area contributed by atoms with Crippen LogP contribution in [-0.2, 0) is 9.59 Å². The van der Waals surface area contributed by atoms with Crippen LogP contribution in [0, 0.1) is 12.8 Å². The Bertz CT molecular complexity index is 768.